The third-order valence-electron chi connectivity index (χ3n) is 4.06. The fraction of sp³-hybridized carbons (Fsp3) is 0.571. The highest BCUT2D eigenvalue weighted by Crippen LogP contribution is 2.35. The molecule has 2 rings (SSSR count). The smallest absolute Gasteiger partial charge is 0.311 e. The maximum absolute atomic E-state index is 12.5. The summed E-state index contributed by atoms with van der Waals surface area (Å²) in [5.41, 5.74) is 0.257. The molecule has 0 bridgehead atoms. The van der Waals surface area contributed by atoms with Crippen molar-refractivity contribution >= 4 is 39.1 Å². The van der Waals surface area contributed by atoms with Crippen molar-refractivity contribution in [3.63, 3.8) is 0 Å². The van der Waals surface area contributed by atoms with Gasteiger partial charge < -0.3 is 10.0 Å². The molecule has 1 aromatic rings. The Morgan fingerprint density at radius 3 is 2.75 bits per heavy atom. The average molecular weight is 360 g/mol. The highest BCUT2D eigenvalue weighted by Gasteiger charge is 2.42. The average Bonchev–Trinajstić information content (AvgIpc) is 2.77. The minimum absolute atomic E-state index is 0.0532. The van der Waals surface area contributed by atoms with Gasteiger partial charge in [-0.3, -0.25) is 9.59 Å². The first-order valence-corrected chi connectivity index (χ1v) is 8.29. The van der Waals surface area contributed by atoms with Gasteiger partial charge in [-0.05, 0) is 53.7 Å². The number of hydrogen-bond acceptors (Lipinski definition) is 3. The van der Waals surface area contributed by atoms with E-state index in [4.69, 9.17) is 0 Å². The predicted octanol–water partition coefficient (Wildman–Crippen LogP) is 3.54. The molecule has 0 aliphatic carbocycles. The summed E-state index contributed by atoms with van der Waals surface area (Å²) in [5.74, 6) is -0.844. The van der Waals surface area contributed by atoms with Crippen LogP contribution in [0.4, 0.5) is 0 Å². The second kappa shape index (κ2) is 5.85. The number of carboxylic acid groups (broad SMARTS) is 1. The number of carbonyl (C=O) groups excluding carboxylic acids is 1. The number of rotatable bonds is 3. The van der Waals surface area contributed by atoms with Crippen molar-refractivity contribution in [1.29, 1.82) is 0 Å². The van der Waals surface area contributed by atoms with Gasteiger partial charge in [-0.1, -0.05) is 6.92 Å². The van der Waals surface area contributed by atoms with Gasteiger partial charge in [0.15, 0.2) is 0 Å². The van der Waals surface area contributed by atoms with E-state index in [1.165, 1.54) is 11.3 Å². The molecule has 4 nitrogen and oxygen atoms in total. The third-order valence-corrected chi connectivity index (χ3v) is 6.19. The summed E-state index contributed by atoms with van der Waals surface area (Å²) < 4.78 is 0.956. The van der Waals surface area contributed by atoms with E-state index in [9.17, 15) is 14.7 Å². The van der Waals surface area contributed by atoms with E-state index in [1.54, 1.807) is 4.90 Å². The molecule has 6 heteroatoms. The molecule has 2 heterocycles. The quantitative estimate of drug-likeness (QED) is 0.897. The van der Waals surface area contributed by atoms with Crippen LogP contribution in [-0.4, -0.2) is 35.0 Å². The van der Waals surface area contributed by atoms with Crippen molar-refractivity contribution in [2.75, 3.05) is 13.1 Å². The van der Waals surface area contributed by atoms with Crippen LogP contribution >= 0.6 is 27.3 Å². The summed E-state index contributed by atoms with van der Waals surface area (Å²) in [6.45, 7) is 4.78. The van der Waals surface area contributed by atoms with Crippen LogP contribution in [0.5, 0.6) is 0 Å². The van der Waals surface area contributed by atoms with Crippen molar-refractivity contribution in [2.45, 2.75) is 33.1 Å². The summed E-state index contributed by atoms with van der Waals surface area (Å²) in [5, 5.41) is 9.46. The molecule has 0 spiro atoms. The van der Waals surface area contributed by atoms with Crippen LogP contribution in [0.1, 0.15) is 41.4 Å². The summed E-state index contributed by atoms with van der Waals surface area (Å²) >= 11 is 4.83. The van der Waals surface area contributed by atoms with Gasteiger partial charge in [0.25, 0.3) is 5.91 Å². The number of amides is 1. The monoisotopic (exact) mass is 359 g/mol. The number of nitrogens with zero attached hydrogens (tertiary/aromatic N) is 1. The second-order valence-corrected chi connectivity index (χ2v) is 7.71. The number of halogens is 1. The van der Waals surface area contributed by atoms with Crippen molar-refractivity contribution in [1.82, 2.24) is 4.90 Å². The summed E-state index contributed by atoms with van der Waals surface area (Å²) in [4.78, 5) is 26.4. The highest BCUT2D eigenvalue weighted by molar-refractivity contribution is 9.11. The number of piperidine rings is 1. The molecular formula is C14H18BrNO3S. The number of likely N-dealkylation sites (tertiary alicyclic amines) is 1. The van der Waals surface area contributed by atoms with Crippen molar-refractivity contribution in [2.24, 2.45) is 5.41 Å². The van der Waals surface area contributed by atoms with E-state index >= 15 is 0 Å². The van der Waals surface area contributed by atoms with Crippen LogP contribution in [0.2, 0.25) is 0 Å². The minimum Gasteiger partial charge on any atom is -0.481 e. The molecular weight excluding hydrogens is 342 g/mol. The summed E-state index contributed by atoms with van der Waals surface area (Å²) in [7, 11) is 0. The van der Waals surface area contributed by atoms with Crippen molar-refractivity contribution in [3.05, 3.63) is 20.3 Å². The summed E-state index contributed by atoms with van der Waals surface area (Å²) in [6, 6.07) is 1.86. The minimum atomic E-state index is -0.791. The molecule has 0 radical (unpaired) electrons. The Hall–Kier alpha value is -0.880. The number of thiophene rings is 1. The highest BCUT2D eigenvalue weighted by atomic mass is 79.9. The van der Waals surface area contributed by atoms with Crippen molar-refractivity contribution < 1.29 is 14.7 Å². The Balaban J connectivity index is 2.20. The molecule has 1 fully saturated rings. The zero-order chi connectivity index (χ0) is 14.9. The fourth-order valence-corrected chi connectivity index (χ4v) is 4.14. The first kappa shape index (κ1) is 15.5. The Bertz CT molecular complexity index is 523. The van der Waals surface area contributed by atoms with E-state index in [0.717, 1.165) is 15.8 Å². The van der Waals surface area contributed by atoms with Crippen LogP contribution in [0.3, 0.4) is 0 Å². The molecule has 1 N–H and O–H groups in total. The molecule has 0 saturated carbocycles. The molecule has 1 aromatic heterocycles. The SMILES string of the molecule is CCC1(C(=O)O)CCCN(C(=O)c2cc(C)c(Br)s2)C1. The van der Waals surface area contributed by atoms with Gasteiger partial charge in [-0.2, -0.15) is 0 Å². The molecule has 20 heavy (non-hydrogen) atoms. The van der Waals surface area contributed by atoms with E-state index < -0.39 is 11.4 Å². The lowest BCUT2D eigenvalue weighted by molar-refractivity contribution is -0.152. The van der Waals surface area contributed by atoms with Crippen LogP contribution in [0.15, 0.2) is 9.85 Å². The van der Waals surface area contributed by atoms with Crippen molar-refractivity contribution in [3.8, 4) is 0 Å². The standard InChI is InChI=1S/C14H18BrNO3S/c1-3-14(13(18)19)5-4-6-16(8-14)12(17)10-7-9(2)11(15)20-10/h7H,3-6,8H2,1-2H3,(H,18,19). The van der Waals surface area contributed by atoms with E-state index in [0.29, 0.717) is 30.8 Å². The molecule has 1 aliphatic heterocycles. The molecule has 1 atom stereocenters. The number of aryl methyl sites for hydroxylation is 1. The maximum Gasteiger partial charge on any atom is 0.311 e. The maximum atomic E-state index is 12.5. The van der Waals surface area contributed by atoms with E-state index in [2.05, 4.69) is 15.9 Å². The van der Waals surface area contributed by atoms with Crippen LogP contribution in [0.25, 0.3) is 0 Å². The lowest BCUT2D eigenvalue weighted by Gasteiger charge is -2.39. The van der Waals surface area contributed by atoms with Gasteiger partial charge in [0.05, 0.1) is 14.1 Å². The first-order valence-electron chi connectivity index (χ1n) is 6.68. The molecule has 110 valence electrons. The van der Waals surface area contributed by atoms with Gasteiger partial charge in [0.2, 0.25) is 0 Å². The molecule has 1 unspecified atom stereocenters. The number of carbonyl (C=O) groups is 2. The Kier molecular flexibility index (Phi) is 4.54. The second-order valence-electron chi connectivity index (χ2n) is 5.34. The zero-order valence-electron chi connectivity index (χ0n) is 11.6. The first-order chi connectivity index (χ1) is 9.39. The Morgan fingerprint density at radius 1 is 1.55 bits per heavy atom. The molecule has 1 aliphatic rings. The number of carboxylic acids is 1. The lowest BCUT2D eigenvalue weighted by Crippen LogP contribution is -2.49. The Labute approximate surface area is 130 Å². The molecule has 1 saturated heterocycles. The zero-order valence-corrected chi connectivity index (χ0v) is 14.0. The van der Waals surface area contributed by atoms with Gasteiger partial charge in [0, 0.05) is 13.1 Å². The lowest BCUT2D eigenvalue weighted by atomic mass is 9.77. The predicted molar refractivity (Wildman–Crippen MR) is 82.3 cm³/mol. The summed E-state index contributed by atoms with van der Waals surface area (Å²) in [6.07, 6.45) is 1.95. The number of hydrogen-bond donors (Lipinski definition) is 1. The van der Waals surface area contributed by atoms with Gasteiger partial charge in [0.1, 0.15) is 0 Å². The van der Waals surface area contributed by atoms with Gasteiger partial charge in [-0.15, -0.1) is 11.3 Å². The van der Waals surface area contributed by atoms with Gasteiger partial charge in [-0.25, -0.2) is 0 Å². The van der Waals surface area contributed by atoms with Crippen LogP contribution in [-0.2, 0) is 4.79 Å². The van der Waals surface area contributed by atoms with Crippen LogP contribution in [0, 0.1) is 12.3 Å². The number of aliphatic carboxylic acids is 1. The van der Waals surface area contributed by atoms with Gasteiger partial charge >= 0.3 is 5.97 Å². The topological polar surface area (TPSA) is 57.6 Å². The largest absolute Gasteiger partial charge is 0.481 e. The Morgan fingerprint density at radius 2 is 2.25 bits per heavy atom. The van der Waals surface area contributed by atoms with E-state index in [-0.39, 0.29) is 5.91 Å². The fourth-order valence-electron chi connectivity index (χ4n) is 2.64. The van der Waals surface area contributed by atoms with Crippen LogP contribution < -0.4 is 0 Å². The van der Waals surface area contributed by atoms with E-state index in [1.807, 2.05) is 19.9 Å². The molecule has 0 aromatic carbocycles. The third kappa shape index (κ3) is 2.76. The normalized spacial score (nSPS) is 22.9. The molecule has 1 amide bonds.